The number of amides is 1. The van der Waals surface area contributed by atoms with Gasteiger partial charge in [-0.25, -0.2) is 0 Å². The number of rotatable bonds is 1. The lowest BCUT2D eigenvalue weighted by molar-refractivity contribution is -0.114. The molecular formula is C8H6Cl2INO. The number of hydrogen-bond donors (Lipinski definition) is 1. The largest absolute Gasteiger partial charge is 0.325 e. The van der Waals surface area contributed by atoms with E-state index >= 15 is 0 Å². The first-order chi connectivity index (χ1) is 6.02. The minimum Gasteiger partial charge on any atom is -0.325 e. The molecule has 0 heterocycles. The van der Waals surface area contributed by atoms with Gasteiger partial charge in [0.05, 0.1) is 15.7 Å². The van der Waals surface area contributed by atoms with Crippen LogP contribution in [0.4, 0.5) is 5.69 Å². The van der Waals surface area contributed by atoms with Crippen LogP contribution in [0.25, 0.3) is 0 Å². The van der Waals surface area contributed by atoms with Crippen molar-refractivity contribution in [2.24, 2.45) is 0 Å². The third-order valence-corrected chi connectivity index (χ3v) is 3.45. The predicted octanol–water partition coefficient (Wildman–Crippen LogP) is 3.56. The molecule has 70 valence electrons. The standard InChI is InChI=1S/C8H6Cl2INO/c1-4(13)12-6-3-2-5(11)7(9)8(6)10/h2-3H,1H3,(H,12,13). The first-order valence-electron chi connectivity index (χ1n) is 3.43. The minimum atomic E-state index is -0.167. The van der Waals surface area contributed by atoms with E-state index in [0.29, 0.717) is 15.7 Å². The number of halogens is 3. The highest BCUT2D eigenvalue weighted by atomic mass is 127. The fraction of sp³-hybridized carbons (Fsp3) is 0.125. The molecule has 0 saturated carbocycles. The van der Waals surface area contributed by atoms with Crippen molar-refractivity contribution >= 4 is 57.4 Å². The molecule has 0 aromatic heterocycles. The van der Waals surface area contributed by atoms with Crippen molar-refractivity contribution in [1.82, 2.24) is 0 Å². The zero-order chi connectivity index (χ0) is 10.0. The first-order valence-corrected chi connectivity index (χ1v) is 5.27. The zero-order valence-corrected chi connectivity index (χ0v) is 10.4. The zero-order valence-electron chi connectivity index (χ0n) is 6.70. The molecular weight excluding hydrogens is 324 g/mol. The van der Waals surface area contributed by atoms with Gasteiger partial charge >= 0.3 is 0 Å². The Balaban J connectivity index is 3.10. The second-order valence-electron chi connectivity index (χ2n) is 2.40. The number of nitrogens with one attached hydrogen (secondary N) is 1. The fourth-order valence-corrected chi connectivity index (χ4v) is 1.80. The van der Waals surface area contributed by atoms with Crippen LogP contribution in [-0.4, -0.2) is 5.91 Å². The highest BCUT2D eigenvalue weighted by Crippen LogP contribution is 2.33. The summed E-state index contributed by atoms with van der Waals surface area (Å²) >= 11 is 13.8. The van der Waals surface area contributed by atoms with E-state index in [1.54, 1.807) is 12.1 Å². The maximum atomic E-state index is 10.7. The Bertz CT molecular complexity index is 354. The summed E-state index contributed by atoms with van der Waals surface area (Å²) in [4.78, 5) is 10.7. The number of benzene rings is 1. The van der Waals surface area contributed by atoms with E-state index < -0.39 is 0 Å². The van der Waals surface area contributed by atoms with Crippen LogP contribution < -0.4 is 5.32 Å². The molecule has 0 aliphatic heterocycles. The van der Waals surface area contributed by atoms with E-state index in [0.717, 1.165) is 3.57 Å². The normalized spacial score (nSPS) is 9.85. The Hall–Kier alpha value is -0.000000000000000111. The van der Waals surface area contributed by atoms with E-state index in [1.807, 2.05) is 0 Å². The Morgan fingerprint density at radius 3 is 2.54 bits per heavy atom. The summed E-state index contributed by atoms with van der Waals surface area (Å²) < 4.78 is 0.860. The number of carbonyl (C=O) groups excluding carboxylic acids is 1. The molecule has 1 aromatic carbocycles. The van der Waals surface area contributed by atoms with Gasteiger partial charge in [-0.05, 0) is 34.7 Å². The Morgan fingerprint density at radius 1 is 1.38 bits per heavy atom. The van der Waals surface area contributed by atoms with Gasteiger partial charge in [-0.15, -0.1) is 0 Å². The van der Waals surface area contributed by atoms with Gasteiger partial charge in [0.25, 0.3) is 0 Å². The predicted molar refractivity (Wildman–Crippen MR) is 63.5 cm³/mol. The molecule has 0 fully saturated rings. The van der Waals surface area contributed by atoms with Crippen LogP contribution in [0.15, 0.2) is 12.1 Å². The molecule has 0 radical (unpaired) electrons. The van der Waals surface area contributed by atoms with Crippen LogP contribution in [0.1, 0.15) is 6.92 Å². The maximum Gasteiger partial charge on any atom is 0.221 e. The second-order valence-corrected chi connectivity index (χ2v) is 4.32. The lowest BCUT2D eigenvalue weighted by Crippen LogP contribution is -2.06. The lowest BCUT2D eigenvalue weighted by atomic mass is 10.3. The maximum absolute atomic E-state index is 10.7. The van der Waals surface area contributed by atoms with E-state index in [-0.39, 0.29) is 5.91 Å². The molecule has 0 aliphatic carbocycles. The molecule has 0 spiro atoms. The van der Waals surface area contributed by atoms with Crippen molar-refractivity contribution in [1.29, 1.82) is 0 Å². The summed E-state index contributed by atoms with van der Waals surface area (Å²) in [5.41, 5.74) is 0.541. The molecule has 2 nitrogen and oxygen atoms in total. The third kappa shape index (κ3) is 2.72. The van der Waals surface area contributed by atoms with Crippen LogP contribution in [-0.2, 0) is 4.79 Å². The first kappa shape index (κ1) is 11.1. The summed E-state index contributed by atoms with van der Waals surface area (Å²) in [6.07, 6.45) is 0. The molecule has 13 heavy (non-hydrogen) atoms. The van der Waals surface area contributed by atoms with Crippen molar-refractivity contribution in [3.8, 4) is 0 Å². The monoisotopic (exact) mass is 329 g/mol. The van der Waals surface area contributed by atoms with Crippen LogP contribution in [0.3, 0.4) is 0 Å². The highest BCUT2D eigenvalue weighted by Gasteiger charge is 2.08. The van der Waals surface area contributed by atoms with Crippen LogP contribution >= 0.6 is 45.8 Å². The topological polar surface area (TPSA) is 29.1 Å². The molecule has 1 amide bonds. The molecule has 1 N–H and O–H groups in total. The van der Waals surface area contributed by atoms with Gasteiger partial charge in [-0.1, -0.05) is 23.2 Å². The molecule has 0 unspecified atom stereocenters. The van der Waals surface area contributed by atoms with Gasteiger partial charge in [-0.2, -0.15) is 0 Å². The van der Waals surface area contributed by atoms with E-state index in [9.17, 15) is 4.79 Å². The van der Waals surface area contributed by atoms with Crippen molar-refractivity contribution in [3.05, 3.63) is 25.7 Å². The average molecular weight is 330 g/mol. The number of anilines is 1. The molecule has 0 saturated heterocycles. The third-order valence-electron chi connectivity index (χ3n) is 1.35. The van der Waals surface area contributed by atoms with E-state index in [1.165, 1.54) is 6.92 Å². The van der Waals surface area contributed by atoms with Gasteiger partial charge in [0.15, 0.2) is 0 Å². The van der Waals surface area contributed by atoms with Crippen molar-refractivity contribution in [3.63, 3.8) is 0 Å². The lowest BCUT2D eigenvalue weighted by Gasteiger charge is -2.06. The van der Waals surface area contributed by atoms with Crippen molar-refractivity contribution in [2.75, 3.05) is 5.32 Å². The molecule has 0 aliphatic rings. The summed E-state index contributed by atoms with van der Waals surface area (Å²) in [6, 6.07) is 3.51. The van der Waals surface area contributed by atoms with Gasteiger partial charge in [-0.3, -0.25) is 4.79 Å². The van der Waals surface area contributed by atoms with Gasteiger partial charge in [0.2, 0.25) is 5.91 Å². The molecule has 0 bridgehead atoms. The van der Waals surface area contributed by atoms with Crippen LogP contribution in [0.5, 0.6) is 0 Å². The molecule has 5 heteroatoms. The quantitative estimate of drug-likeness (QED) is 0.619. The van der Waals surface area contributed by atoms with Gasteiger partial charge in [0.1, 0.15) is 0 Å². The minimum absolute atomic E-state index is 0.167. The Kier molecular flexibility index (Phi) is 3.82. The Labute approximate surface area is 99.7 Å². The fourth-order valence-electron chi connectivity index (χ4n) is 0.812. The number of carbonyl (C=O) groups is 1. The highest BCUT2D eigenvalue weighted by molar-refractivity contribution is 14.1. The summed E-state index contributed by atoms with van der Waals surface area (Å²) in [5.74, 6) is -0.167. The summed E-state index contributed by atoms with van der Waals surface area (Å²) in [6.45, 7) is 1.42. The molecule has 1 aromatic rings. The summed E-state index contributed by atoms with van der Waals surface area (Å²) in [7, 11) is 0. The molecule has 0 atom stereocenters. The van der Waals surface area contributed by atoms with Gasteiger partial charge in [0, 0.05) is 10.5 Å². The Morgan fingerprint density at radius 2 is 2.00 bits per heavy atom. The van der Waals surface area contributed by atoms with Crippen LogP contribution in [0, 0.1) is 3.57 Å². The van der Waals surface area contributed by atoms with E-state index in [2.05, 4.69) is 27.9 Å². The number of hydrogen-bond acceptors (Lipinski definition) is 1. The van der Waals surface area contributed by atoms with Crippen LogP contribution in [0.2, 0.25) is 10.0 Å². The second kappa shape index (κ2) is 4.48. The summed E-state index contributed by atoms with van der Waals surface area (Å²) in [5, 5.41) is 3.43. The SMILES string of the molecule is CC(=O)Nc1ccc(I)c(Cl)c1Cl. The van der Waals surface area contributed by atoms with Gasteiger partial charge < -0.3 is 5.32 Å². The molecule has 1 rings (SSSR count). The van der Waals surface area contributed by atoms with Crippen molar-refractivity contribution in [2.45, 2.75) is 6.92 Å². The smallest absolute Gasteiger partial charge is 0.221 e. The average Bonchev–Trinajstić information content (AvgIpc) is 2.06. The van der Waals surface area contributed by atoms with Crippen molar-refractivity contribution < 1.29 is 4.79 Å². The van der Waals surface area contributed by atoms with E-state index in [4.69, 9.17) is 23.2 Å².